The number of ether oxygens (including phenoxy) is 1. The molecule has 0 saturated carbocycles. The summed E-state index contributed by atoms with van der Waals surface area (Å²) in [6.07, 6.45) is 0.622. The van der Waals surface area contributed by atoms with E-state index in [2.05, 4.69) is 16.0 Å². The number of carbonyl (C=O) groups excluding carboxylic acids is 3. The normalized spacial score (nSPS) is 14.1. The van der Waals surface area contributed by atoms with E-state index in [9.17, 15) is 27.6 Å². The minimum atomic E-state index is -3.53. The number of amides is 3. The summed E-state index contributed by atoms with van der Waals surface area (Å²) in [6, 6.07) is 5.78. The van der Waals surface area contributed by atoms with E-state index in [1.165, 1.54) is 6.92 Å². The van der Waals surface area contributed by atoms with Gasteiger partial charge in [0.2, 0.25) is 11.8 Å². The third-order valence-electron chi connectivity index (χ3n) is 4.47. The largest absolute Gasteiger partial charge is 0.481 e. The average molecular weight is 498 g/mol. The van der Waals surface area contributed by atoms with Crippen LogP contribution in [0.25, 0.3) is 0 Å². The number of carbonyl (C=O) groups is 4. The Morgan fingerprint density at radius 2 is 1.62 bits per heavy atom. The van der Waals surface area contributed by atoms with Gasteiger partial charge in [0, 0.05) is 11.7 Å². The zero-order valence-corrected chi connectivity index (χ0v) is 20.3. The molecule has 0 aliphatic rings. The van der Waals surface area contributed by atoms with Gasteiger partial charge in [-0.15, -0.1) is 0 Å². The lowest BCUT2D eigenvalue weighted by Crippen LogP contribution is -2.55. The Morgan fingerprint density at radius 3 is 2.15 bits per heavy atom. The summed E-state index contributed by atoms with van der Waals surface area (Å²) in [7, 11) is -3.53. The van der Waals surface area contributed by atoms with Crippen molar-refractivity contribution in [1.82, 2.24) is 16.0 Å². The molecule has 4 N–H and O–H groups in total. The van der Waals surface area contributed by atoms with E-state index in [-0.39, 0.29) is 12.5 Å². The fraction of sp³-hybridized carbons (Fsp3) is 0.455. The van der Waals surface area contributed by atoms with Crippen molar-refractivity contribution >= 4 is 33.7 Å². The Kier molecular flexibility index (Phi) is 11.2. The standard InChI is InChI=1S/C22H31N3O8S/c1-14(2)19(25-22(30)33-13-16-8-6-5-7-9-16)21(29)23-15(3)20(28)24-17(12-18(26)27)10-11-34(4,31)32/h5-11,14-15,17,19H,12-13H2,1-4H3,(H,23,29)(H,24,28)(H,25,30)(H,26,27)/b11-10+/t15-,17+,19-/m0/s1. The van der Waals surface area contributed by atoms with Crippen molar-refractivity contribution in [3.63, 3.8) is 0 Å². The van der Waals surface area contributed by atoms with Gasteiger partial charge in [-0.2, -0.15) is 0 Å². The van der Waals surface area contributed by atoms with Gasteiger partial charge in [0.05, 0.1) is 12.5 Å². The van der Waals surface area contributed by atoms with Crippen LogP contribution in [0, 0.1) is 5.92 Å². The highest BCUT2D eigenvalue weighted by Gasteiger charge is 2.28. The van der Waals surface area contributed by atoms with E-state index >= 15 is 0 Å². The predicted molar refractivity (Wildman–Crippen MR) is 124 cm³/mol. The van der Waals surface area contributed by atoms with Crippen molar-refractivity contribution in [2.75, 3.05) is 6.26 Å². The number of alkyl carbamates (subject to hydrolysis) is 1. The van der Waals surface area contributed by atoms with Crippen molar-refractivity contribution < 1.29 is 37.4 Å². The maximum absolute atomic E-state index is 12.7. The first kappa shape index (κ1) is 28.6. The number of sulfone groups is 1. The fourth-order valence-corrected chi connectivity index (χ4v) is 3.17. The molecule has 11 nitrogen and oxygen atoms in total. The SMILES string of the molecule is CC(C)[C@H](NC(=O)OCc1ccccc1)C(=O)N[C@@H](C)C(=O)N[C@H](/C=C/S(C)(=O)=O)CC(=O)O. The monoisotopic (exact) mass is 497 g/mol. The summed E-state index contributed by atoms with van der Waals surface area (Å²) in [5.41, 5.74) is 0.773. The summed E-state index contributed by atoms with van der Waals surface area (Å²) in [5, 5.41) is 17.1. The van der Waals surface area contributed by atoms with E-state index in [1.807, 2.05) is 6.07 Å². The number of hydrogen-bond donors (Lipinski definition) is 4. The maximum Gasteiger partial charge on any atom is 0.408 e. The fourth-order valence-electron chi connectivity index (χ4n) is 2.70. The van der Waals surface area contributed by atoms with Crippen LogP contribution in [-0.4, -0.2) is 61.8 Å². The molecule has 0 aromatic heterocycles. The van der Waals surface area contributed by atoms with Gasteiger partial charge in [-0.1, -0.05) is 50.3 Å². The molecule has 1 aromatic carbocycles. The van der Waals surface area contributed by atoms with Crippen LogP contribution in [0.2, 0.25) is 0 Å². The van der Waals surface area contributed by atoms with Gasteiger partial charge in [0.1, 0.15) is 18.7 Å². The minimum Gasteiger partial charge on any atom is -0.481 e. The lowest BCUT2D eigenvalue weighted by molar-refractivity contribution is -0.137. The number of nitrogens with one attached hydrogen (secondary N) is 3. The average Bonchev–Trinajstić information content (AvgIpc) is 2.73. The number of rotatable bonds is 12. The molecular weight excluding hydrogens is 466 g/mol. The molecule has 0 bridgehead atoms. The van der Waals surface area contributed by atoms with Gasteiger partial charge in [-0.05, 0) is 18.4 Å². The molecule has 1 aromatic rings. The third-order valence-corrected chi connectivity index (χ3v) is 5.12. The third kappa shape index (κ3) is 11.5. The Labute approximate surface area is 198 Å². The van der Waals surface area contributed by atoms with Gasteiger partial charge >= 0.3 is 12.1 Å². The molecular formula is C22H31N3O8S. The van der Waals surface area contributed by atoms with E-state index in [0.717, 1.165) is 23.3 Å². The zero-order valence-electron chi connectivity index (χ0n) is 19.5. The predicted octanol–water partition coefficient (Wildman–Crippen LogP) is 0.960. The number of benzene rings is 1. The number of carboxylic acid groups (broad SMARTS) is 1. The summed E-state index contributed by atoms with van der Waals surface area (Å²) >= 11 is 0. The Bertz CT molecular complexity index is 993. The van der Waals surface area contributed by atoms with Gasteiger partial charge < -0.3 is 25.8 Å². The minimum absolute atomic E-state index is 0.0177. The molecule has 3 amide bonds. The van der Waals surface area contributed by atoms with Crippen LogP contribution in [0.4, 0.5) is 4.79 Å². The molecule has 0 unspecified atom stereocenters. The summed E-state index contributed by atoms with van der Waals surface area (Å²) in [6.45, 7) is 4.79. The molecule has 3 atom stereocenters. The number of hydrogen-bond acceptors (Lipinski definition) is 7. The van der Waals surface area contributed by atoms with Crippen LogP contribution >= 0.6 is 0 Å². The van der Waals surface area contributed by atoms with Crippen LogP contribution in [0.3, 0.4) is 0 Å². The molecule has 0 spiro atoms. The molecule has 1 rings (SSSR count). The van der Waals surface area contributed by atoms with Gasteiger partial charge in [0.25, 0.3) is 0 Å². The molecule has 34 heavy (non-hydrogen) atoms. The summed E-state index contributed by atoms with van der Waals surface area (Å²) in [4.78, 5) is 48.3. The topological polar surface area (TPSA) is 168 Å². The molecule has 0 fully saturated rings. The molecule has 0 aliphatic heterocycles. The van der Waals surface area contributed by atoms with E-state index in [4.69, 9.17) is 9.84 Å². The quantitative estimate of drug-likeness (QED) is 0.331. The smallest absolute Gasteiger partial charge is 0.408 e. The summed E-state index contributed by atoms with van der Waals surface area (Å²) < 4.78 is 27.7. The van der Waals surface area contributed by atoms with Crippen LogP contribution in [0.15, 0.2) is 41.8 Å². The highest BCUT2D eigenvalue weighted by atomic mass is 32.2. The van der Waals surface area contributed by atoms with Gasteiger partial charge in [0.15, 0.2) is 9.84 Å². The lowest BCUT2D eigenvalue weighted by atomic mass is 10.0. The van der Waals surface area contributed by atoms with E-state index < -0.39 is 58.3 Å². The van der Waals surface area contributed by atoms with Crippen molar-refractivity contribution in [2.24, 2.45) is 5.92 Å². The number of aliphatic carboxylic acids is 1. The summed E-state index contributed by atoms with van der Waals surface area (Å²) in [5.74, 6) is -2.96. The molecule has 0 saturated heterocycles. The highest BCUT2D eigenvalue weighted by molar-refractivity contribution is 7.93. The highest BCUT2D eigenvalue weighted by Crippen LogP contribution is 2.06. The van der Waals surface area contributed by atoms with Crippen LogP contribution < -0.4 is 16.0 Å². The second kappa shape index (κ2) is 13.3. The molecule has 0 radical (unpaired) electrons. The Morgan fingerprint density at radius 1 is 1.00 bits per heavy atom. The maximum atomic E-state index is 12.7. The van der Waals surface area contributed by atoms with Crippen molar-refractivity contribution in [2.45, 2.75) is 51.9 Å². The first-order valence-corrected chi connectivity index (χ1v) is 12.4. The zero-order chi connectivity index (χ0) is 25.9. The Balaban J connectivity index is 2.72. The molecule has 0 aliphatic carbocycles. The van der Waals surface area contributed by atoms with Crippen molar-refractivity contribution in [1.29, 1.82) is 0 Å². The van der Waals surface area contributed by atoms with E-state index in [0.29, 0.717) is 0 Å². The van der Waals surface area contributed by atoms with Crippen molar-refractivity contribution in [3.05, 3.63) is 47.4 Å². The Hall–Kier alpha value is -3.41. The first-order valence-electron chi connectivity index (χ1n) is 10.5. The van der Waals surface area contributed by atoms with Crippen molar-refractivity contribution in [3.8, 4) is 0 Å². The number of carboxylic acids is 1. The molecule has 12 heteroatoms. The van der Waals surface area contributed by atoms with E-state index in [1.54, 1.807) is 38.1 Å². The van der Waals surface area contributed by atoms with Crippen LogP contribution in [0.5, 0.6) is 0 Å². The van der Waals surface area contributed by atoms with Gasteiger partial charge in [-0.25, -0.2) is 13.2 Å². The van der Waals surface area contributed by atoms with Crippen LogP contribution in [-0.2, 0) is 35.6 Å². The second-order valence-corrected chi connectivity index (χ2v) is 9.96. The second-order valence-electron chi connectivity index (χ2n) is 8.03. The molecule has 0 heterocycles. The van der Waals surface area contributed by atoms with Gasteiger partial charge in [-0.3, -0.25) is 14.4 Å². The molecule has 188 valence electrons. The first-order chi connectivity index (χ1) is 15.8. The lowest BCUT2D eigenvalue weighted by Gasteiger charge is -2.24. The van der Waals surface area contributed by atoms with Crippen LogP contribution in [0.1, 0.15) is 32.8 Å².